The Balaban J connectivity index is 2.63. The molecule has 0 radical (unpaired) electrons. The van der Waals surface area contributed by atoms with Crippen molar-refractivity contribution >= 4 is 17.7 Å². The number of carbonyl (C=O) groups excluding carboxylic acids is 1. The highest BCUT2D eigenvalue weighted by molar-refractivity contribution is 5.90. The molecule has 1 aromatic rings. The van der Waals surface area contributed by atoms with Crippen LogP contribution in [0.2, 0.25) is 0 Å². The molecule has 1 aromatic carbocycles. The summed E-state index contributed by atoms with van der Waals surface area (Å²) >= 11 is 0. The van der Waals surface area contributed by atoms with Crippen LogP contribution >= 0.6 is 0 Å². The fourth-order valence-corrected chi connectivity index (χ4v) is 1.24. The maximum atomic E-state index is 11.5. The van der Waals surface area contributed by atoms with Crippen LogP contribution < -0.4 is 15.4 Å². The Bertz CT molecular complexity index is 420. The molecule has 0 bridgehead atoms. The van der Waals surface area contributed by atoms with Crippen molar-refractivity contribution in [2.75, 3.05) is 18.5 Å². The quantitative estimate of drug-likeness (QED) is 0.718. The van der Waals surface area contributed by atoms with Gasteiger partial charge in [-0.25, -0.2) is 9.59 Å². The number of carboxylic acid groups (broad SMARTS) is 1. The van der Waals surface area contributed by atoms with E-state index in [1.165, 1.54) is 0 Å². The number of aliphatic carboxylic acids is 1. The summed E-state index contributed by atoms with van der Waals surface area (Å²) in [6, 6.07) is 6.32. The Morgan fingerprint density at radius 2 is 2.06 bits per heavy atom. The lowest BCUT2D eigenvalue weighted by molar-refractivity contribution is -0.139. The van der Waals surface area contributed by atoms with E-state index in [2.05, 4.69) is 10.6 Å². The fourth-order valence-electron chi connectivity index (χ4n) is 1.24. The zero-order valence-electron chi connectivity index (χ0n) is 10.1. The van der Waals surface area contributed by atoms with Crippen LogP contribution in [0.15, 0.2) is 24.3 Å². The summed E-state index contributed by atoms with van der Waals surface area (Å²) in [5.74, 6) is -0.744. The first-order valence-corrected chi connectivity index (χ1v) is 5.62. The molecule has 98 valence electrons. The van der Waals surface area contributed by atoms with Gasteiger partial charge in [0.05, 0.1) is 5.69 Å². The lowest BCUT2D eigenvalue weighted by Crippen LogP contribution is -2.29. The predicted molar refractivity (Wildman–Crippen MR) is 66.9 cm³/mol. The average molecular weight is 252 g/mol. The third-order valence-corrected chi connectivity index (χ3v) is 2.02. The lowest BCUT2D eigenvalue weighted by atomic mass is 10.3. The van der Waals surface area contributed by atoms with Gasteiger partial charge in [-0.05, 0) is 18.6 Å². The zero-order valence-corrected chi connectivity index (χ0v) is 10.1. The van der Waals surface area contributed by atoms with Crippen LogP contribution in [0.5, 0.6) is 5.75 Å². The summed E-state index contributed by atoms with van der Waals surface area (Å²) < 4.78 is 5.06. The number of para-hydroxylation sites is 2. The number of hydrogen-bond donors (Lipinski definition) is 3. The third kappa shape index (κ3) is 4.73. The average Bonchev–Trinajstić information content (AvgIpc) is 2.35. The van der Waals surface area contributed by atoms with Crippen molar-refractivity contribution < 1.29 is 19.4 Å². The highest BCUT2D eigenvalue weighted by atomic mass is 16.5. The highest BCUT2D eigenvalue weighted by Gasteiger charge is 2.07. The van der Waals surface area contributed by atoms with Gasteiger partial charge in [-0.15, -0.1) is 0 Å². The van der Waals surface area contributed by atoms with E-state index < -0.39 is 12.6 Å². The van der Waals surface area contributed by atoms with E-state index in [1.54, 1.807) is 24.3 Å². The first-order chi connectivity index (χ1) is 8.63. The largest absolute Gasteiger partial charge is 0.480 e. The first-order valence-electron chi connectivity index (χ1n) is 5.62. The number of nitrogens with one attached hydrogen (secondary N) is 2. The third-order valence-electron chi connectivity index (χ3n) is 2.02. The predicted octanol–water partition coefficient (Wildman–Crippen LogP) is 1.68. The molecular formula is C12H16N2O4. The van der Waals surface area contributed by atoms with Crippen LogP contribution in [0.3, 0.4) is 0 Å². The van der Waals surface area contributed by atoms with E-state index >= 15 is 0 Å². The maximum Gasteiger partial charge on any atom is 0.341 e. The first kappa shape index (κ1) is 13.8. The van der Waals surface area contributed by atoms with Gasteiger partial charge < -0.3 is 20.5 Å². The van der Waals surface area contributed by atoms with E-state index in [0.29, 0.717) is 18.0 Å². The summed E-state index contributed by atoms with van der Waals surface area (Å²) in [6.45, 7) is 2.07. The molecule has 3 N–H and O–H groups in total. The molecule has 0 aromatic heterocycles. The van der Waals surface area contributed by atoms with Gasteiger partial charge in [0.25, 0.3) is 0 Å². The van der Waals surface area contributed by atoms with Crippen molar-refractivity contribution in [2.24, 2.45) is 0 Å². The molecule has 0 fully saturated rings. The van der Waals surface area contributed by atoms with E-state index in [0.717, 1.165) is 6.42 Å². The molecule has 0 heterocycles. The molecule has 0 spiro atoms. The van der Waals surface area contributed by atoms with Crippen molar-refractivity contribution in [1.82, 2.24) is 5.32 Å². The smallest absolute Gasteiger partial charge is 0.341 e. The van der Waals surface area contributed by atoms with Gasteiger partial charge in [0, 0.05) is 6.54 Å². The molecule has 1 rings (SSSR count). The standard InChI is InChI=1S/C12H16N2O4/c1-2-7-13-12(17)14-9-5-3-4-6-10(9)18-8-11(15)16/h3-6H,2,7-8H2,1H3,(H,15,16)(H2,13,14,17). The number of carbonyl (C=O) groups is 2. The summed E-state index contributed by atoms with van der Waals surface area (Å²) in [4.78, 5) is 21.9. The number of ether oxygens (including phenoxy) is 1. The second-order valence-electron chi connectivity index (χ2n) is 3.56. The minimum Gasteiger partial charge on any atom is -0.480 e. The van der Waals surface area contributed by atoms with E-state index in [-0.39, 0.29) is 6.03 Å². The van der Waals surface area contributed by atoms with E-state index in [1.807, 2.05) is 6.92 Å². The van der Waals surface area contributed by atoms with Crippen LogP contribution in [-0.4, -0.2) is 30.3 Å². The lowest BCUT2D eigenvalue weighted by Gasteiger charge is -2.11. The molecule has 0 aliphatic heterocycles. The van der Waals surface area contributed by atoms with E-state index in [4.69, 9.17) is 9.84 Å². The monoisotopic (exact) mass is 252 g/mol. The van der Waals surface area contributed by atoms with Crippen LogP contribution in [0, 0.1) is 0 Å². The van der Waals surface area contributed by atoms with Crippen molar-refractivity contribution in [3.05, 3.63) is 24.3 Å². The molecule has 0 aliphatic carbocycles. The van der Waals surface area contributed by atoms with Crippen LogP contribution in [0.1, 0.15) is 13.3 Å². The second kappa shape index (κ2) is 7.16. The molecule has 18 heavy (non-hydrogen) atoms. The Morgan fingerprint density at radius 1 is 1.33 bits per heavy atom. The molecule has 0 saturated carbocycles. The van der Waals surface area contributed by atoms with Crippen LogP contribution in [0.4, 0.5) is 10.5 Å². The maximum absolute atomic E-state index is 11.5. The van der Waals surface area contributed by atoms with Gasteiger partial charge in [-0.2, -0.15) is 0 Å². The summed E-state index contributed by atoms with van der Waals surface area (Å²) in [6.07, 6.45) is 0.838. The number of benzene rings is 1. The minimum atomic E-state index is -1.07. The van der Waals surface area contributed by atoms with Crippen LogP contribution in [0.25, 0.3) is 0 Å². The van der Waals surface area contributed by atoms with Crippen molar-refractivity contribution in [2.45, 2.75) is 13.3 Å². The summed E-state index contributed by atoms with van der Waals surface area (Å²) in [7, 11) is 0. The molecule has 0 unspecified atom stereocenters. The minimum absolute atomic E-state index is 0.326. The molecule has 6 heteroatoms. The number of carboxylic acids is 1. The highest BCUT2D eigenvalue weighted by Crippen LogP contribution is 2.23. The summed E-state index contributed by atoms with van der Waals surface area (Å²) in [5, 5.41) is 13.8. The Hall–Kier alpha value is -2.24. The molecule has 6 nitrogen and oxygen atoms in total. The number of hydrogen-bond acceptors (Lipinski definition) is 3. The van der Waals surface area contributed by atoms with Crippen molar-refractivity contribution in [3.63, 3.8) is 0 Å². The second-order valence-corrected chi connectivity index (χ2v) is 3.56. The topological polar surface area (TPSA) is 87.7 Å². The summed E-state index contributed by atoms with van der Waals surface area (Å²) in [5.41, 5.74) is 0.437. The number of anilines is 1. The number of rotatable bonds is 6. The van der Waals surface area contributed by atoms with Crippen molar-refractivity contribution in [1.29, 1.82) is 0 Å². The fraction of sp³-hybridized carbons (Fsp3) is 0.333. The number of urea groups is 1. The number of amides is 2. The Labute approximate surface area is 105 Å². The SMILES string of the molecule is CCCNC(=O)Nc1ccccc1OCC(=O)O. The van der Waals surface area contributed by atoms with Gasteiger partial charge in [0.1, 0.15) is 5.75 Å². The van der Waals surface area contributed by atoms with Gasteiger partial charge in [-0.1, -0.05) is 19.1 Å². The molecule has 2 amide bonds. The van der Waals surface area contributed by atoms with Crippen molar-refractivity contribution in [3.8, 4) is 5.75 Å². The normalized spacial score (nSPS) is 9.61. The zero-order chi connectivity index (χ0) is 13.4. The van der Waals surface area contributed by atoms with E-state index in [9.17, 15) is 9.59 Å². The van der Waals surface area contributed by atoms with Gasteiger partial charge in [-0.3, -0.25) is 0 Å². The Morgan fingerprint density at radius 3 is 2.72 bits per heavy atom. The van der Waals surface area contributed by atoms with Gasteiger partial charge in [0.2, 0.25) is 0 Å². The Kier molecular flexibility index (Phi) is 5.50. The molecule has 0 saturated heterocycles. The van der Waals surface area contributed by atoms with Gasteiger partial charge >= 0.3 is 12.0 Å². The molecule has 0 aliphatic rings. The van der Waals surface area contributed by atoms with Crippen LogP contribution in [-0.2, 0) is 4.79 Å². The molecular weight excluding hydrogens is 236 g/mol. The molecule has 0 atom stereocenters. The van der Waals surface area contributed by atoms with Gasteiger partial charge in [0.15, 0.2) is 6.61 Å².